The molecule has 31 heavy (non-hydrogen) atoms. The van der Waals surface area contributed by atoms with E-state index in [2.05, 4.69) is 14.9 Å². The van der Waals surface area contributed by atoms with Crippen LogP contribution >= 0.6 is 11.6 Å². The van der Waals surface area contributed by atoms with Crippen LogP contribution in [0.3, 0.4) is 0 Å². The number of nitrogens with zero attached hydrogens (tertiary/aromatic N) is 5. The average molecular weight is 438 g/mol. The summed E-state index contributed by atoms with van der Waals surface area (Å²) in [5, 5.41) is 0.340. The number of hydrogen-bond donors (Lipinski definition) is 0. The number of piperazine rings is 1. The number of halogens is 1. The van der Waals surface area contributed by atoms with E-state index in [0.29, 0.717) is 48.5 Å². The monoisotopic (exact) mass is 437 g/mol. The molecule has 0 spiro atoms. The summed E-state index contributed by atoms with van der Waals surface area (Å²) in [7, 11) is 0. The van der Waals surface area contributed by atoms with Crippen LogP contribution in [0.4, 0.5) is 5.82 Å². The quantitative estimate of drug-likeness (QED) is 0.602. The number of carbonyl (C=O) groups is 1. The SMILES string of the molecule is CC(C)Oc1ncc(C(=O)N2CCN(c3ccnc(-c4ccccc4)n3)CC2)cc1Cl. The Morgan fingerprint density at radius 1 is 1.06 bits per heavy atom. The topological polar surface area (TPSA) is 71.5 Å². The van der Waals surface area contributed by atoms with Crippen molar-refractivity contribution >= 4 is 23.3 Å². The normalized spacial score (nSPS) is 14.1. The second-order valence-corrected chi connectivity index (χ2v) is 7.97. The van der Waals surface area contributed by atoms with Crippen LogP contribution in [0.5, 0.6) is 5.88 Å². The lowest BCUT2D eigenvalue weighted by Crippen LogP contribution is -2.49. The van der Waals surface area contributed by atoms with Gasteiger partial charge >= 0.3 is 0 Å². The van der Waals surface area contributed by atoms with Gasteiger partial charge in [0, 0.05) is 44.1 Å². The highest BCUT2D eigenvalue weighted by Crippen LogP contribution is 2.25. The van der Waals surface area contributed by atoms with Crippen LogP contribution in [-0.4, -0.2) is 58.0 Å². The maximum absolute atomic E-state index is 12.9. The van der Waals surface area contributed by atoms with Gasteiger partial charge in [0.15, 0.2) is 5.82 Å². The van der Waals surface area contributed by atoms with Gasteiger partial charge in [-0.3, -0.25) is 4.79 Å². The molecule has 0 saturated carbocycles. The van der Waals surface area contributed by atoms with Gasteiger partial charge in [0.1, 0.15) is 10.8 Å². The molecule has 0 N–H and O–H groups in total. The Morgan fingerprint density at radius 3 is 2.48 bits per heavy atom. The summed E-state index contributed by atoms with van der Waals surface area (Å²) in [5.74, 6) is 1.82. The summed E-state index contributed by atoms with van der Waals surface area (Å²) in [6.07, 6.45) is 3.26. The van der Waals surface area contributed by atoms with Gasteiger partial charge in [-0.25, -0.2) is 15.0 Å². The van der Waals surface area contributed by atoms with Crippen molar-refractivity contribution in [1.82, 2.24) is 19.9 Å². The molecule has 1 saturated heterocycles. The highest BCUT2D eigenvalue weighted by atomic mass is 35.5. The van der Waals surface area contributed by atoms with Crippen LogP contribution < -0.4 is 9.64 Å². The number of aromatic nitrogens is 3. The van der Waals surface area contributed by atoms with Gasteiger partial charge in [-0.1, -0.05) is 41.9 Å². The highest BCUT2D eigenvalue weighted by Gasteiger charge is 2.24. The third-order valence-corrected chi connectivity index (χ3v) is 5.24. The molecule has 8 heteroatoms. The van der Waals surface area contributed by atoms with Gasteiger partial charge < -0.3 is 14.5 Å². The van der Waals surface area contributed by atoms with Crippen LogP contribution in [0.25, 0.3) is 11.4 Å². The summed E-state index contributed by atoms with van der Waals surface area (Å²) in [5.41, 5.74) is 1.44. The van der Waals surface area contributed by atoms with Crippen molar-refractivity contribution < 1.29 is 9.53 Å². The third-order valence-electron chi connectivity index (χ3n) is 4.97. The van der Waals surface area contributed by atoms with Crippen molar-refractivity contribution in [1.29, 1.82) is 0 Å². The molecule has 0 atom stereocenters. The maximum Gasteiger partial charge on any atom is 0.255 e. The number of anilines is 1. The lowest BCUT2D eigenvalue weighted by molar-refractivity contribution is 0.0746. The van der Waals surface area contributed by atoms with E-state index < -0.39 is 0 Å². The molecule has 7 nitrogen and oxygen atoms in total. The van der Waals surface area contributed by atoms with Gasteiger partial charge in [0.05, 0.1) is 11.7 Å². The first-order valence-corrected chi connectivity index (χ1v) is 10.6. The van der Waals surface area contributed by atoms with Crippen LogP contribution in [0.15, 0.2) is 54.9 Å². The van der Waals surface area contributed by atoms with Crippen LogP contribution in [0.1, 0.15) is 24.2 Å². The van der Waals surface area contributed by atoms with E-state index >= 15 is 0 Å². The second kappa shape index (κ2) is 9.31. The van der Waals surface area contributed by atoms with Gasteiger partial charge in [0.25, 0.3) is 5.91 Å². The maximum atomic E-state index is 12.9. The first-order valence-electron chi connectivity index (χ1n) is 10.3. The molecule has 160 valence electrons. The summed E-state index contributed by atoms with van der Waals surface area (Å²) in [4.78, 5) is 30.2. The average Bonchev–Trinajstić information content (AvgIpc) is 2.80. The second-order valence-electron chi connectivity index (χ2n) is 7.56. The Kier molecular flexibility index (Phi) is 6.32. The lowest BCUT2D eigenvalue weighted by atomic mass is 10.2. The van der Waals surface area contributed by atoms with Crippen molar-refractivity contribution in [2.75, 3.05) is 31.1 Å². The number of carbonyl (C=O) groups excluding carboxylic acids is 1. The molecule has 1 amide bonds. The minimum atomic E-state index is -0.0854. The van der Waals surface area contributed by atoms with Crippen LogP contribution in [-0.2, 0) is 0 Å². The molecule has 4 rings (SSSR count). The Hall–Kier alpha value is -3.19. The predicted molar refractivity (Wildman–Crippen MR) is 121 cm³/mol. The fourth-order valence-electron chi connectivity index (χ4n) is 3.43. The molecule has 1 fully saturated rings. The summed E-state index contributed by atoms with van der Waals surface area (Å²) >= 11 is 6.24. The van der Waals surface area contributed by atoms with E-state index in [1.807, 2.05) is 55.1 Å². The van der Waals surface area contributed by atoms with Gasteiger partial charge in [-0.15, -0.1) is 0 Å². The van der Waals surface area contributed by atoms with E-state index in [1.165, 1.54) is 6.20 Å². The molecule has 3 aromatic rings. The minimum Gasteiger partial charge on any atom is -0.474 e. The fraction of sp³-hybridized carbons (Fsp3) is 0.304. The Balaban J connectivity index is 1.41. The van der Waals surface area contributed by atoms with E-state index in [-0.39, 0.29) is 12.0 Å². The number of benzene rings is 1. The molecule has 1 aliphatic rings. The number of ether oxygens (including phenoxy) is 1. The standard InChI is InChI=1S/C23H24ClN5O2/c1-16(2)31-22-19(24)14-18(15-26-22)23(30)29-12-10-28(11-13-29)20-8-9-25-21(27-20)17-6-4-3-5-7-17/h3-9,14-16H,10-13H2,1-2H3. The van der Waals surface area contributed by atoms with E-state index in [0.717, 1.165) is 11.4 Å². The van der Waals surface area contributed by atoms with Gasteiger partial charge in [-0.2, -0.15) is 0 Å². The minimum absolute atomic E-state index is 0.0381. The Labute approximate surface area is 186 Å². The Morgan fingerprint density at radius 2 is 1.81 bits per heavy atom. The molecular formula is C23H24ClN5O2. The number of amides is 1. The van der Waals surface area contributed by atoms with E-state index in [4.69, 9.17) is 21.3 Å². The summed E-state index contributed by atoms with van der Waals surface area (Å²) in [6, 6.07) is 13.4. The number of rotatable bonds is 5. The number of pyridine rings is 1. The summed E-state index contributed by atoms with van der Waals surface area (Å²) in [6.45, 7) is 6.35. The fourth-order valence-corrected chi connectivity index (χ4v) is 3.64. The van der Waals surface area contributed by atoms with Crippen LogP contribution in [0.2, 0.25) is 5.02 Å². The van der Waals surface area contributed by atoms with Gasteiger partial charge in [0.2, 0.25) is 5.88 Å². The molecule has 2 aromatic heterocycles. The predicted octanol–water partition coefficient (Wildman–Crippen LogP) is 3.94. The first kappa shape index (κ1) is 21.1. The van der Waals surface area contributed by atoms with Gasteiger partial charge in [-0.05, 0) is 26.0 Å². The van der Waals surface area contributed by atoms with Crippen LogP contribution in [0, 0.1) is 0 Å². The van der Waals surface area contributed by atoms with Crippen molar-refractivity contribution in [2.45, 2.75) is 20.0 Å². The van der Waals surface area contributed by atoms with Crippen molar-refractivity contribution in [3.8, 4) is 17.3 Å². The molecule has 0 aliphatic carbocycles. The molecule has 1 aromatic carbocycles. The highest BCUT2D eigenvalue weighted by molar-refractivity contribution is 6.32. The van der Waals surface area contributed by atoms with E-state index in [9.17, 15) is 4.79 Å². The van der Waals surface area contributed by atoms with Crippen molar-refractivity contribution in [3.05, 3.63) is 65.4 Å². The lowest BCUT2D eigenvalue weighted by Gasteiger charge is -2.35. The molecule has 0 radical (unpaired) electrons. The first-order chi connectivity index (χ1) is 15.0. The van der Waals surface area contributed by atoms with Crippen molar-refractivity contribution in [2.24, 2.45) is 0 Å². The Bertz CT molecular complexity index is 1050. The van der Waals surface area contributed by atoms with E-state index in [1.54, 1.807) is 12.3 Å². The summed E-state index contributed by atoms with van der Waals surface area (Å²) < 4.78 is 5.54. The zero-order valence-corrected chi connectivity index (χ0v) is 18.3. The molecule has 0 unspecified atom stereocenters. The molecule has 3 heterocycles. The molecule has 1 aliphatic heterocycles. The smallest absolute Gasteiger partial charge is 0.255 e. The largest absolute Gasteiger partial charge is 0.474 e. The van der Waals surface area contributed by atoms with Crippen molar-refractivity contribution in [3.63, 3.8) is 0 Å². The zero-order chi connectivity index (χ0) is 21.8. The molecular weight excluding hydrogens is 414 g/mol. The third kappa shape index (κ3) is 4.94. The molecule has 0 bridgehead atoms. The number of hydrogen-bond acceptors (Lipinski definition) is 6. The zero-order valence-electron chi connectivity index (χ0n) is 17.5.